The second-order valence-electron chi connectivity index (χ2n) is 37.2. The number of allylic oxidation sites excluding steroid dienone is 4. The first-order valence-corrected chi connectivity index (χ1v) is 41.1. The monoisotopic (exact) mass is 1500 g/mol. The highest BCUT2D eigenvalue weighted by Gasteiger charge is 2.60. The number of carbonyl (C=O) groups excluding carboxylic acids is 3. The van der Waals surface area contributed by atoms with Gasteiger partial charge >= 0.3 is 17.9 Å². The van der Waals surface area contributed by atoms with Crippen molar-refractivity contribution in [3.63, 3.8) is 0 Å². The Labute approximate surface area is 640 Å². The summed E-state index contributed by atoms with van der Waals surface area (Å²) in [5.41, 5.74) is -1.45. The Balaban J connectivity index is 0.000000254. The van der Waals surface area contributed by atoms with E-state index in [4.69, 9.17) is 33.2 Å². The zero-order valence-corrected chi connectivity index (χ0v) is 69.9. The Kier molecular flexibility index (Phi) is 34.2. The molecule has 8 fully saturated rings. The maximum atomic E-state index is 12.8. The minimum Gasteiger partial charge on any atom is -0.493 e. The molecule has 19 heteroatoms. The Bertz CT molecular complexity index is 2580. The molecule has 0 heterocycles. The van der Waals surface area contributed by atoms with Crippen LogP contribution in [-0.2, 0) is 47.5 Å². The van der Waals surface area contributed by atoms with Gasteiger partial charge in [0.1, 0.15) is 22.4 Å². The molecule has 0 aliphatic heterocycles. The molecule has 0 radical (unpaired) electrons. The molecule has 0 aromatic heterocycles. The molecular formula is C87H152O19. The lowest BCUT2D eigenvalue weighted by Gasteiger charge is -2.54. The summed E-state index contributed by atoms with van der Waals surface area (Å²) in [6.07, 6.45) is 6.43. The van der Waals surface area contributed by atoms with Crippen molar-refractivity contribution in [2.24, 2.45) is 142 Å². The molecule has 9 N–H and O–H groups in total. The standard InChI is InChI=1S/3C22H38O5.C21H38O4/c3*1-8-14-18-13(11-17(23)20(24)15(18)9-2)10-16(19(14)21(25)26-7)12(3)27-22(4,5)6;1-7-14-17(11-22)16(12(3)25-21(4,5)6)9-13-10-18(23)20(24)15(8-2)19(13)14/h3*13-20,23-24H,3,8-11H2,1-2,4-7H3;13-20,22-24H,3,7-11H2,1-2,4-6H3/t3*13?,14?,15?,16?,17?,18?,19-,20?;13?,14?,15?,16?,17-,18+,19?,20-/m1101/s1. The van der Waals surface area contributed by atoms with E-state index in [0.717, 1.165) is 82.8 Å². The van der Waals surface area contributed by atoms with Crippen LogP contribution in [0.2, 0.25) is 0 Å². The Morgan fingerprint density at radius 2 is 0.491 bits per heavy atom. The molecule has 8 aliphatic rings. The second kappa shape index (κ2) is 39.1. The predicted molar refractivity (Wildman–Crippen MR) is 414 cm³/mol. The fourth-order valence-corrected chi connectivity index (χ4v) is 22.8. The minimum absolute atomic E-state index is 0.00592. The molecule has 0 saturated heterocycles. The summed E-state index contributed by atoms with van der Waals surface area (Å²) in [4.78, 5) is 38.4. The van der Waals surface area contributed by atoms with Crippen molar-refractivity contribution in [3.8, 4) is 0 Å². The molecule has 0 aromatic carbocycles. The number of hydrogen-bond acceptors (Lipinski definition) is 19. The van der Waals surface area contributed by atoms with Crippen LogP contribution >= 0.6 is 0 Å². The number of hydrogen-bond donors (Lipinski definition) is 9. The lowest BCUT2D eigenvalue weighted by molar-refractivity contribution is -0.169. The van der Waals surface area contributed by atoms with E-state index in [-0.39, 0.29) is 171 Å². The third-order valence-corrected chi connectivity index (χ3v) is 26.4. The zero-order chi connectivity index (χ0) is 80.5. The molecule has 0 bridgehead atoms. The van der Waals surface area contributed by atoms with Crippen LogP contribution in [0.5, 0.6) is 0 Å². The lowest BCUT2D eigenvalue weighted by Crippen LogP contribution is -2.55. The molecule has 0 amide bonds. The molecule has 8 aliphatic carbocycles. The number of methoxy groups -OCH3 is 3. The van der Waals surface area contributed by atoms with E-state index in [1.54, 1.807) is 0 Å². The number of rotatable bonds is 20. The van der Waals surface area contributed by atoms with Crippen molar-refractivity contribution in [1.29, 1.82) is 0 Å². The lowest BCUT2D eigenvalue weighted by atomic mass is 9.52. The number of carbonyl (C=O) groups is 3. The van der Waals surface area contributed by atoms with E-state index in [9.17, 15) is 60.3 Å². The van der Waals surface area contributed by atoms with Crippen molar-refractivity contribution in [3.05, 3.63) is 49.4 Å². The normalized spacial score (nSPS) is 40.0. The Morgan fingerprint density at radius 1 is 0.302 bits per heavy atom. The number of aliphatic hydroxyl groups excluding tert-OH is 9. The van der Waals surface area contributed by atoms with E-state index in [0.29, 0.717) is 60.7 Å². The van der Waals surface area contributed by atoms with Crippen molar-refractivity contribution in [2.75, 3.05) is 27.9 Å². The van der Waals surface area contributed by atoms with Crippen molar-refractivity contribution in [1.82, 2.24) is 0 Å². The minimum atomic E-state index is -0.728. The van der Waals surface area contributed by atoms with Gasteiger partial charge in [0.2, 0.25) is 0 Å². The quantitative estimate of drug-likeness (QED) is 0.0311. The third kappa shape index (κ3) is 21.9. The van der Waals surface area contributed by atoms with E-state index >= 15 is 0 Å². The molecule has 8 saturated carbocycles. The maximum absolute atomic E-state index is 12.8. The fourth-order valence-electron chi connectivity index (χ4n) is 22.8. The van der Waals surface area contributed by atoms with Crippen LogP contribution in [0, 0.1) is 142 Å². The van der Waals surface area contributed by atoms with Crippen LogP contribution in [-0.4, -0.2) is 163 Å². The molecule has 19 nitrogen and oxygen atoms in total. The van der Waals surface area contributed by atoms with Gasteiger partial charge in [-0.3, -0.25) is 14.4 Å². The third-order valence-electron chi connectivity index (χ3n) is 26.4. The SMILES string of the molecule is C=C(OC(C)(C)C)C1CC2CC(O)C(O)C(CC)C2C(CC)[C@@H]1C(=O)OC.C=C(OC(C)(C)C)C1CC2CC(O)C(O)C(CC)C2C(CC)[C@H]1C(=O)OC.C=C(OC(C)(C)C)C1CC2CC(O)C(O)C(CC)C2C(CC)[C@H]1C(=O)OC.C=C(OC(C)(C)C)C1CC2C[C@H](O)[C@H](O)C(CC)C2C(CC)[C@H]1CO. The Morgan fingerprint density at radius 3 is 0.670 bits per heavy atom. The van der Waals surface area contributed by atoms with Crippen molar-refractivity contribution in [2.45, 2.75) is 312 Å². The predicted octanol–water partition coefficient (Wildman–Crippen LogP) is 14.0. The molecule has 8 rings (SSSR count). The zero-order valence-electron chi connectivity index (χ0n) is 69.9. The van der Waals surface area contributed by atoms with Gasteiger partial charge in [0.05, 0.1) is 111 Å². The van der Waals surface area contributed by atoms with Gasteiger partial charge in [-0.1, -0.05) is 133 Å². The van der Waals surface area contributed by atoms with Crippen LogP contribution in [0.3, 0.4) is 0 Å². The summed E-state index contributed by atoms with van der Waals surface area (Å²) in [7, 11) is 4.30. The topological polar surface area (TPSA) is 298 Å². The van der Waals surface area contributed by atoms with E-state index in [2.05, 4.69) is 81.7 Å². The largest absolute Gasteiger partial charge is 0.493 e. The smallest absolute Gasteiger partial charge is 0.309 e. The first-order valence-electron chi connectivity index (χ1n) is 41.1. The van der Waals surface area contributed by atoms with Gasteiger partial charge in [-0.05, 0) is 235 Å². The van der Waals surface area contributed by atoms with E-state index < -0.39 is 48.8 Å². The van der Waals surface area contributed by atoms with Gasteiger partial charge in [-0.15, -0.1) is 0 Å². The summed E-state index contributed by atoms with van der Waals surface area (Å²) >= 11 is 0. The van der Waals surface area contributed by atoms with Crippen LogP contribution in [0.4, 0.5) is 0 Å². The molecule has 26 unspecified atom stereocenters. The number of aliphatic hydroxyl groups is 9. The number of esters is 3. The van der Waals surface area contributed by atoms with E-state index in [1.165, 1.54) is 21.3 Å². The molecule has 32 atom stereocenters. The Hall–Kier alpha value is -3.79. The summed E-state index contributed by atoms with van der Waals surface area (Å²) < 4.78 is 39.8. The van der Waals surface area contributed by atoms with Crippen LogP contribution in [0.15, 0.2) is 49.4 Å². The molecular weight excluding hydrogens is 1350 g/mol. The first kappa shape index (κ1) is 92.8. The average molecular weight is 1500 g/mol. The van der Waals surface area contributed by atoms with Gasteiger partial charge in [-0.2, -0.15) is 0 Å². The van der Waals surface area contributed by atoms with Crippen LogP contribution < -0.4 is 0 Å². The highest BCUT2D eigenvalue weighted by Crippen LogP contribution is 2.60. The molecule has 0 spiro atoms. The van der Waals surface area contributed by atoms with Gasteiger partial charge < -0.3 is 79.1 Å². The van der Waals surface area contributed by atoms with Gasteiger partial charge in [0.25, 0.3) is 0 Å². The maximum Gasteiger partial charge on any atom is 0.309 e. The van der Waals surface area contributed by atoms with Crippen molar-refractivity contribution < 1.29 is 93.5 Å². The highest BCUT2D eigenvalue weighted by molar-refractivity contribution is 5.75. The molecule has 106 heavy (non-hydrogen) atoms. The van der Waals surface area contributed by atoms with Gasteiger partial charge in [0.15, 0.2) is 0 Å². The summed E-state index contributed by atoms with van der Waals surface area (Å²) in [6.45, 7) is 57.3. The summed E-state index contributed by atoms with van der Waals surface area (Å²) in [6, 6.07) is 0. The first-order chi connectivity index (χ1) is 49.3. The van der Waals surface area contributed by atoms with Crippen LogP contribution in [0.25, 0.3) is 0 Å². The van der Waals surface area contributed by atoms with Gasteiger partial charge in [0, 0.05) is 30.3 Å². The summed E-state index contributed by atoms with van der Waals surface area (Å²) in [5, 5.41) is 94.1. The second-order valence-corrected chi connectivity index (χ2v) is 37.2. The molecule has 614 valence electrons. The number of fused-ring (bicyclic) bond motifs is 4. The van der Waals surface area contributed by atoms with Gasteiger partial charge in [-0.25, -0.2) is 0 Å². The highest BCUT2D eigenvalue weighted by atomic mass is 16.5. The van der Waals surface area contributed by atoms with Crippen LogP contribution in [0.1, 0.15) is 241 Å². The average Bonchev–Trinajstić information content (AvgIpc) is 0.780. The fraction of sp³-hybridized carbons (Fsp3) is 0.874. The van der Waals surface area contributed by atoms with Crippen molar-refractivity contribution >= 4 is 17.9 Å². The molecule has 0 aromatic rings. The van der Waals surface area contributed by atoms with E-state index in [1.807, 2.05) is 83.1 Å². The number of ether oxygens (including phenoxy) is 7. The summed E-state index contributed by atoms with van der Waals surface area (Å²) in [5.74, 6) is 3.45.